The molecule has 1 atom stereocenters. The molecule has 2 aromatic rings. The van der Waals surface area contributed by atoms with E-state index in [-0.39, 0.29) is 18.6 Å². The lowest BCUT2D eigenvalue weighted by Gasteiger charge is -2.28. The number of pyridine rings is 1. The monoisotopic (exact) mass is 345 g/mol. The van der Waals surface area contributed by atoms with Crippen LogP contribution in [-0.2, 0) is 11.3 Å². The van der Waals surface area contributed by atoms with Gasteiger partial charge in [-0.3, -0.25) is 14.7 Å². The van der Waals surface area contributed by atoms with Crippen LogP contribution >= 0.6 is 11.3 Å². The highest BCUT2D eigenvalue weighted by atomic mass is 32.1. The molecule has 0 saturated carbocycles. The Labute approximate surface area is 146 Å². The van der Waals surface area contributed by atoms with Gasteiger partial charge >= 0.3 is 0 Å². The number of carbonyl (C=O) groups is 1. The highest BCUT2D eigenvalue weighted by Crippen LogP contribution is 2.34. The Kier molecular flexibility index (Phi) is 5.96. The summed E-state index contributed by atoms with van der Waals surface area (Å²) in [5.74, 6) is 0.142. The van der Waals surface area contributed by atoms with E-state index in [1.807, 2.05) is 28.0 Å². The second-order valence-corrected chi connectivity index (χ2v) is 7.04. The maximum absolute atomic E-state index is 12.8. The predicted octanol–water partition coefficient (Wildman–Crippen LogP) is 2.30. The number of hydrogen-bond acceptors (Lipinski definition) is 5. The predicted molar refractivity (Wildman–Crippen MR) is 94.6 cm³/mol. The number of rotatable bonds is 7. The number of aromatic nitrogens is 1. The van der Waals surface area contributed by atoms with Crippen molar-refractivity contribution < 1.29 is 9.90 Å². The van der Waals surface area contributed by atoms with Gasteiger partial charge in [-0.15, -0.1) is 11.3 Å². The van der Waals surface area contributed by atoms with Crippen LogP contribution in [0.5, 0.6) is 0 Å². The summed E-state index contributed by atoms with van der Waals surface area (Å²) in [5, 5.41) is 11.4. The molecular weight excluding hydrogens is 322 g/mol. The smallest absolute Gasteiger partial charge is 0.237 e. The largest absolute Gasteiger partial charge is 0.395 e. The van der Waals surface area contributed by atoms with E-state index in [1.54, 1.807) is 23.7 Å². The van der Waals surface area contributed by atoms with Gasteiger partial charge in [0.05, 0.1) is 19.2 Å². The van der Waals surface area contributed by atoms with E-state index in [2.05, 4.69) is 16.4 Å². The summed E-state index contributed by atoms with van der Waals surface area (Å²) >= 11 is 1.72. The number of hydrogen-bond donors (Lipinski definition) is 1. The summed E-state index contributed by atoms with van der Waals surface area (Å²) in [4.78, 5) is 22.2. The lowest BCUT2D eigenvalue weighted by Crippen LogP contribution is -2.40. The molecular formula is C18H23N3O2S. The molecule has 5 nitrogen and oxygen atoms in total. The number of carbonyl (C=O) groups excluding carboxylic acids is 1. The van der Waals surface area contributed by atoms with Gasteiger partial charge in [0.15, 0.2) is 0 Å². The van der Waals surface area contributed by atoms with Gasteiger partial charge in [0.25, 0.3) is 0 Å². The molecule has 3 rings (SSSR count). The van der Waals surface area contributed by atoms with Gasteiger partial charge in [0.1, 0.15) is 0 Å². The van der Waals surface area contributed by atoms with Crippen molar-refractivity contribution in [3.63, 3.8) is 0 Å². The third-order valence-electron chi connectivity index (χ3n) is 4.35. The van der Waals surface area contributed by atoms with Crippen LogP contribution in [0.2, 0.25) is 0 Å². The number of amides is 1. The molecule has 0 spiro atoms. The maximum atomic E-state index is 12.8. The Balaban J connectivity index is 1.64. The normalized spacial score (nSPS) is 17.6. The van der Waals surface area contributed by atoms with Crippen LogP contribution in [0.3, 0.4) is 0 Å². The summed E-state index contributed by atoms with van der Waals surface area (Å²) in [6.45, 7) is 2.30. The molecule has 1 aliphatic rings. The quantitative estimate of drug-likeness (QED) is 0.837. The van der Waals surface area contributed by atoms with Crippen LogP contribution in [0.4, 0.5) is 0 Å². The Hall–Kier alpha value is -1.76. The lowest BCUT2D eigenvalue weighted by atomic mass is 10.2. The van der Waals surface area contributed by atoms with E-state index >= 15 is 0 Å². The van der Waals surface area contributed by atoms with Gasteiger partial charge in [-0.25, -0.2) is 0 Å². The van der Waals surface area contributed by atoms with Gasteiger partial charge in [0, 0.05) is 36.9 Å². The zero-order chi connectivity index (χ0) is 16.8. The van der Waals surface area contributed by atoms with E-state index in [1.165, 1.54) is 4.88 Å². The Morgan fingerprint density at radius 2 is 2.33 bits per heavy atom. The second-order valence-electron chi connectivity index (χ2n) is 6.06. The van der Waals surface area contributed by atoms with Gasteiger partial charge in [-0.2, -0.15) is 0 Å². The van der Waals surface area contributed by atoms with E-state index in [0.29, 0.717) is 19.6 Å². The van der Waals surface area contributed by atoms with Crippen LogP contribution in [0, 0.1) is 0 Å². The average Bonchev–Trinajstić information content (AvgIpc) is 3.27. The van der Waals surface area contributed by atoms with E-state index in [4.69, 9.17) is 0 Å². The summed E-state index contributed by atoms with van der Waals surface area (Å²) in [7, 11) is 0. The van der Waals surface area contributed by atoms with Crippen LogP contribution in [0.15, 0.2) is 42.0 Å². The highest BCUT2D eigenvalue weighted by Gasteiger charge is 2.31. The Morgan fingerprint density at radius 3 is 3.04 bits per heavy atom. The minimum absolute atomic E-state index is 0.0435. The minimum atomic E-state index is 0.0435. The average molecular weight is 345 g/mol. The first-order valence-corrected chi connectivity index (χ1v) is 9.21. The number of thiophene rings is 1. The van der Waals surface area contributed by atoms with Crippen LogP contribution in [-0.4, -0.2) is 52.0 Å². The van der Waals surface area contributed by atoms with E-state index in [9.17, 15) is 9.90 Å². The number of nitrogens with zero attached hydrogens (tertiary/aromatic N) is 3. The zero-order valence-corrected chi connectivity index (χ0v) is 14.5. The molecule has 1 amide bonds. The molecule has 128 valence electrons. The number of aliphatic hydroxyl groups excluding tert-OH is 1. The SMILES string of the molecule is O=C(CN(CCO)Cc1cccnc1)N1CCCC1c1cccs1. The Morgan fingerprint density at radius 1 is 1.42 bits per heavy atom. The van der Waals surface area contributed by atoms with Gasteiger partial charge in [-0.1, -0.05) is 12.1 Å². The topological polar surface area (TPSA) is 56.7 Å². The summed E-state index contributed by atoms with van der Waals surface area (Å²) in [6.07, 6.45) is 5.63. The molecule has 0 bridgehead atoms. The molecule has 3 heterocycles. The fourth-order valence-corrected chi connectivity index (χ4v) is 4.10. The Bertz CT molecular complexity index is 633. The third-order valence-corrected chi connectivity index (χ3v) is 5.32. The molecule has 0 aliphatic carbocycles. The first-order valence-electron chi connectivity index (χ1n) is 8.33. The lowest BCUT2D eigenvalue weighted by molar-refractivity contribution is -0.133. The number of likely N-dealkylation sites (tertiary alicyclic amines) is 1. The molecule has 1 fully saturated rings. The molecule has 1 saturated heterocycles. The molecule has 1 aliphatic heterocycles. The van der Waals surface area contributed by atoms with Gasteiger partial charge in [-0.05, 0) is 35.9 Å². The molecule has 6 heteroatoms. The van der Waals surface area contributed by atoms with Crippen molar-refractivity contribution in [1.29, 1.82) is 0 Å². The van der Waals surface area contributed by atoms with Crippen molar-refractivity contribution in [2.45, 2.75) is 25.4 Å². The molecule has 2 aromatic heterocycles. The van der Waals surface area contributed by atoms with Crippen molar-refractivity contribution >= 4 is 17.2 Å². The van der Waals surface area contributed by atoms with E-state index in [0.717, 1.165) is 24.9 Å². The molecule has 1 N–H and O–H groups in total. The second kappa shape index (κ2) is 8.37. The van der Waals surface area contributed by atoms with Crippen LogP contribution in [0.1, 0.15) is 29.3 Å². The van der Waals surface area contributed by atoms with Gasteiger partial charge in [0.2, 0.25) is 5.91 Å². The van der Waals surface area contributed by atoms with Crippen LogP contribution in [0.25, 0.3) is 0 Å². The van der Waals surface area contributed by atoms with Crippen molar-refractivity contribution in [2.24, 2.45) is 0 Å². The van der Waals surface area contributed by atoms with Crippen molar-refractivity contribution in [3.8, 4) is 0 Å². The standard InChI is InChI=1S/C18H23N3O2S/c22-10-9-20(13-15-4-1-7-19-12-15)14-18(23)21-8-2-5-16(21)17-6-3-11-24-17/h1,3-4,6-7,11-12,16,22H,2,5,8-10,13-14H2. The number of aliphatic hydroxyl groups is 1. The molecule has 1 unspecified atom stereocenters. The summed E-state index contributed by atoms with van der Waals surface area (Å²) in [6, 6.07) is 8.25. The molecule has 24 heavy (non-hydrogen) atoms. The zero-order valence-electron chi connectivity index (χ0n) is 13.7. The fraction of sp³-hybridized carbons (Fsp3) is 0.444. The summed E-state index contributed by atoms with van der Waals surface area (Å²) < 4.78 is 0. The first-order chi connectivity index (χ1) is 11.8. The minimum Gasteiger partial charge on any atom is -0.395 e. The fourth-order valence-electron chi connectivity index (χ4n) is 3.23. The summed E-state index contributed by atoms with van der Waals surface area (Å²) in [5.41, 5.74) is 1.05. The first kappa shape index (κ1) is 17.1. The van der Waals surface area contributed by atoms with Gasteiger partial charge < -0.3 is 10.0 Å². The van der Waals surface area contributed by atoms with E-state index < -0.39 is 0 Å². The molecule has 0 radical (unpaired) electrons. The van der Waals surface area contributed by atoms with Crippen LogP contribution < -0.4 is 0 Å². The third kappa shape index (κ3) is 4.20. The van der Waals surface area contributed by atoms with Crippen molar-refractivity contribution in [2.75, 3.05) is 26.2 Å². The van der Waals surface area contributed by atoms with Crippen molar-refractivity contribution in [1.82, 2.24) is 14.8 Å². The molecule has 0 aromatic carbocycles. The highest BCUT2D eigenvalue weighted by molar-refractivity contribution is 7.10. The van der Waals surface area contributed by atoms with Crippen molar-refractivity contribution in [3.05, 3.63) is 52.5 Å². The maximum Gasteiger partial charge on any atom is 0.237 e.